The van der Waals surface area contributed by atoms with Crippen LogP contribution in [0.25, 0.3) is 5.69 Å². The van der Waals surface area contributed by atoms with Crippen LogP contribution >= 0.6 is 34.2 Å². The van der Waals surface area contributed by atoms with Crippen molar-refractivity contribution in [2.24, 2.45) is 4.99 Å². The molecule has 0 spiro atoms. The van der Waals surface area contributed by atoms with Crippen molar-refractivity contribution in [3.63, 3.8) is 0 Å². The number of cyclic esters (lactones) is 1. The van der Waals surface area contributed by atoms with Crippen LogP contribution in [0, 0.1) is 10.5 Å². The third kappa shape index (κ3) is 3.98. The summed E-state index contributed by atoms with van der Waals surface area (Å²) in [4.78, 5) is 29.5. The number of tetrazole rings is 1. The summed E-state index contributed by atoms with van der Waals surface area (Å²) in [6.07, 6.45) is 0. The normalized spacial score (nSPS) is 13.9. The zero-order chi connectivity index (χ0) is 23.1. The third-order valence-electron chi connectivity index (χ3n) is 5.17. The molecule has 0 unspecified atom stereocenters. The number of hydrogen-bond acceptors (Lipinski definition) is 6. The zero-order valence-corrected chi connectivity index (χ0v) is 20.1. The quantitative estimate of drug-likeness (QED) is 0.269. The van der Waals surface area contributed by atoms with Crippen LogP contribution in [0.3, 0.4) is 0 Å². The van der Waals surface area contributed by atoms with Crippen molar-refractivity contribution in [3.05, 3.63) is 102 Å². The van der Waals surface area contributed by atoms with Crippen molar-refractivity contribution >= 4 is 51.7 Å². The highest BCUT2D eigenvalue weighted by Gasteiger charge is 2.30. The van der Waals surface area contributed by atoms with E-state index in [2.05, 4.69) is 38.0 Å². The second-order valence-corrected chi connectivity index (χ2v) is 8.94. The fraction of sp³-hybridized carbons (Fsp3) is 0.0870. The predicted octanol–water partition coefficient (Wildman–Crippen LogP) is 4.29. The first-order chi connectivity index (χ1) is 15.9. The van der Waals surface area contributed by atoms with Crippen molar-refractivity contribution in [2.75, 3.05) is 0 Å². The number of hydrogen-bond donors (Lipinski definition) is 0. The molecule has 1 aromatic heterocycles. The van der Waals surface area contributed by atoms with Gasteiger partial charge in [0.25, 0.3) is 0 Å². The van der Waals surface area contributed by atoms with Crippen LogP contribution < -0.4 is 5.69 Å². The molecule has 3 aromatic carbocycles. The van der Waals surface area contributed by atoms with Crippen LogP contribution in [0.2, 0.25) is 5.02 Å². The molecule has 0 radical (unpaired) electrons. The van der Waals surface area contributed by atoms with E-state index in [0.29, 0.717) is 27.5 Å². The van der Waals surface area contributed by atoms with E-state index in [1.807, 2.05) is 43.3 Å². The number of fused-ring (bicyclic) bond motifs is 1. The van der Waals surface area contributed by atoms with Crippen LogP contribution in [-0.4, -0.2) is 31.7 Å². The van der Waals surface area contributed by atoms with E-state index >= 15 is 0 Å². The second-order valence-electron chi connectivity index (χ2n) is 7.37. The number of rotatable bonds is 4. The molecule has 164 valence electrons. The maximum atomic E-state index is 12.8. The Morgan fingerprint density at radius 1 is 1.06 bits per heavy atom. The lowest BCUT2D eigenvalue weighted by Crippen LogP contribution is -2.25. The molecule has 0 saturated heterocycles. The Bertz CT molecular complexity index is 1510. The number of halogens is 2. The molecule has 1 aliphatic rings. The van der Waals surface area contributed by atoms with Gasteiger partial charge in [0, 0.05) is 3.57 Å². The number of carbonyl (C=O) groups is 1. The highest BCUT2D eigenvalue weighted by molar-refractivity contribution is 14.1. The minimum Gasteiger partial charge on any atom is -0.403 e. The van der Waals surface area contributed by atoms with Crippen LogP contribution in [0.15, 0.2) is 70.5 Å². The molecule has 4 aromatic rings. The number of aliphatic imine (C=N–C) groups is 1. The minimum atomic E-state index is -0.399. The molecule has 0 saturated carbocycles. The molecule has 0 N–H and O–H groups in total. The average molecular weight is 572 g/mol. The highest BCUT2D eigenvalue weighted by Crippen LogP contribution is 2.29. The SMILES string of the molecule is Cc1cc(Cn2nnn(-c3ccccc3Cl)c2=O)ccc1N=C1OC(=O)c2c(I)cccc21. The van der Waals surface area contributed by atoms with E-state index < -0.39 is 11.7 Å². The average Bonchev–Trinajstić information content (AvgIpc) is 3.31. The van der Waals surface area contributed by atoms with Gasteiger partial charge < -0.3 is 4.74 Å². The number of esters is 1. The van der Waals surface area contributed by atoms with Crippen molar-refractivity contribution < 1.29 is 9.53 Å². The fourth-order valence-electron chi connectivity index (χ4n) is 3.56. The highest BCUT2D eigenvalue weighted by atomic mass is 127. The number of aromatic nitrogens is 4. The van der Waals surface area contributed by atoms with Gasteiger partial charge in [-0.25, -0.2) is 14.6 Å². The van der Waals surface area contributed by atoms with Gasteiger partial charge in [0.15, 0.2) is 0 Å². The standard InChI is InChI=1S/C23H15ClIN5O3/c1-13-11-14(12-29-23(32)30(28-27-29)19-8-3-2-6-16(19)24)9-10-18(13)26-21-15-5-4-7-17(25)20(15)22(31)33-21/h2-11H,12H2,1H3. The van der Waals surface area contributed by atoms with Gasteiger partial charge in [0.2, 0.25) is 5.90 Å². The van der Waals surface area contributed by atoms with Crippen molar-refractivity contribution in [2.45, 2.75) is 13.5 Å². The minimum absolute atomic E-state index is 0.233. The lowest BCUT2D eigenvalue weighted by Gasteiger charge is -2.06. The second kappa shape index (κ2) is 8.56. The van der Waals surface area contributed by atoms with Gasteiger partial charge in [-0.1, -0.05) is 41.9 Å². The number of benzene rings is 3. The van der Waals surface area contributed by atoms with Crippen molar-refractivity contribution in [1.82, 2.24) is 19.8 Å². The topological polar surface area (TPSA) is 91.4 Å². The summed E-state index contributed by atoms with van der Waals surface area (Å²) < 4.78 is 8.65. The summed E-state index contributed by atoms with van der Waals surface area (Å²) in [7, 11) is 0. The number of para-hydroxylation sites is 1. The lowest BCUT2D eigenvalue weighted by atomic mass is 10.1. The van der Waals surface area contributed by atoms with Crippen LogP contribution in [-0.2, 0) is 11.3 Å². The molecule has 0 aliphatic carbocycles. The zero-order valence-electron chi connectivity index (χ0n) is 17.2. The maximum absolute atomic E-state index is 12.8. The molecule has 5 rings (SSSR count). The van der Waals surface area contributed by atoms with E-state index in [9.17, 15) is 9.59 Å². The first-order valence-electron chi connectivity index (χ1n) is 9.89. The van der Waals surface area contributed by atoms with E-state index in [-0.39, 0.29) is 12.4 Å². The molecule has 8 nitrogen and oxygen atoms in total. The molecular weight excluding hydrogens is 557 g/mol. The summed E-state index contributed by atoms with van der Waals surface area (Å²) in [6.45, 7) is 2.13. The Kier molecular flexibility index (Phi) is 5.59. The first-order valence-corrected chi connectivity index (χ1v) is 11.3. The summed E-state index contributed by atoms with van der Waals surface area (Å²) in [5, 5.41) is 8.34. The molecule has 2 heterocycles. The Morgan fingerprint density at radius 2 is 1.88 bits per heavy atom. The summed E-state index contributed by atoms with van der Waals surface area (Å²) in [6, 6.07) is 18.1. The van der Waals surface area contributed by atoms with Gasteiger partial charge in [-0.05, 0) is 81.4 Å². The van der Waals surface area contributed by atoms with Gasteiger partial charge in [-0.15, -0.1) is 0 Å². The molecular formula is C23H15ClIN5O3. The van der Waals surface area contributed by atoms with Crippen LogP contribution in [0.5, 0.6) is 0 Å². The van der Waals surface area contributed by atoms with Crippen LogP contribution in [0.4, 0.5) is 5.69 Å². The maximum Gasteiger partial charge on any atom is 0.368 e. The molecule has 1 aliphatic heterocycles. The Balaban J connectivity index is 1.42. The number of nitrogens with zero attached hydrogens (tertiary/aromatic N) is 5. The number of carbonyl (C=O) groups excluding carboxylic acids is 1. The van der Waals surface area contributed by atoms with Crippen molar-refractivity contribution in [1.29, 1.82) is 0 Å². The molecule has 0 atom stereocenters. The molecule has 0 fully saturated rings. The Hall–Kier alpha value is -3.31. The molecule has 33 heavy (non-hydrogen) atoms. The van der Waals surface area contributed by atoms with E-state index in [1.54, 1.807) is 24.3 Å². The van der Waals surface area contributed by atoms with E-state index in [1.165, 1.54) is 9.36 Å². The largest absolute Gasteiger partial charge is 0.403 e. The van der Waals surface area contributed by atoms with Crippen LogP contribution in [0.1, 0.15) is 27.0 Å². The van der Waals surface area contributed by atoms with E-state index in [0.717, 1.165) is 14.7 Å². The van der Waals surface area contributed by atoms with Gasteiger partial charge in [0.1, 0.15) is 0 Å². The monoisotopic (exact) mass is 571 g/mol. The van der Waals surface area contributed by atoms with Gasteiger partial charge in [-0.3, -0.25) is 0 Å². The predicted molar refractivity (Wildman–Crippen MR) is 132 cm³/mol. The fourth-order valence-corrected chi connectivity index (χ4v) is 4.49. The first kappa shape index (κ1) is 21.5. The third-order valence-corrected chi connectivity index (χ3v) is 6.39. The van der Waals surface area contributed by atoms with E-state index in [4.69, 9.17) is 16.3 Å². The number of aryl methyl sites for hydroxylation is 1. The molecule has 0 bridgehead atoms. The Labute approximate surface area is 206 Å². The smallest absolute Gasteiger partial charge is 0.368 e. The molecule has 10 heteroatoms. The number of ether oxygens (including phenoxy) is 1. The summed E-state index contributed by atoms with van der Waals surface area (Å²) in [5.74, 6) is -0.118. The summed E-state index contributed by atoms with van der Waals surface area (Å²) >= 11 is 8.29. The van der Waals surface area contributed by atoms with Gasteiger partial charge >= 0.3 is 11.7 Å². The van der Waals surface area contributed by atoms with Gasteiger partial charge in [-0.2, -0.15) is 9.36 Å². The van der Waals surface area contributed by atoms with Gasteiger partial charge in [0.05, 0.1) is 34.1 Å². The Morgan fingerprint density at radius 3 is 2.67 bits per heavy atom. The lowest BCUT2D eigenvalue weighted by molar-refractivity contribution is 0.0736. The molecule has 0 amide bonds. The van der Waals surface area contributed by atoms with Crippen molar-refractivity contribution in [3.8, 4) is 5.69 Å². The summed E-state index contributed by atoms with van der Waals surface area (Å²) in [5.41, 5.74) is 3.67.